The summed E-state index contributed by atoms with van der Waals surface area (Å²) in [5.41, 5.74) is 1.50. The third-order valence-electron chi connectivity index (χ3n) is 3.08. The minimum Gasteiger partial charge on any atom is -0.378 e. The molecule has 18 heavy (non-hydrogen) atoms. The Kier molecular flexibility index (Phi) is 3.41. The maximum Gasteiger partial charge on any atom is 0.269 e. The van der Waals surface area contributed by atoms with Gasteiger partial charge in [0.05, 0.1) is 4.92 Å². The molecular formula is C13H14N2O3. The highest BCUT2D eigenvalue weighted by Crippen LogP contribution is 2.20. The number of nitrogens with zero attached hydrogens (tertiary/aromatic N) is 2. The quantitative estimate of drug-likeness (QED) is 0.355. The lowest BCUT2D eigenvalue weighted by Gasteiger charge is -2.11. The van der Waals surface area contributed by atoms with E-state index in [9.17, 15) is 14.9 Å². The van der Waals surface area contributed by atoms with Crippen molar-refractivity contribution >= 4 is 11.5 Å². The van der Waals surface area contributed by atoms with Crippen molar-refractivity contribution in [2.24, 2.45) is 0 Å². The number of carbonyl (C=O) groups excluding carboxylic acids is 1. The Hall–Kier alpha value is -2.17. The van der Waals surface area contributed by atoms with Crippen LogP contribution in [0.2, 0.25) is 0 Å². The second-order valence-electron chi connectivity index (χ2n) is 4.33. The predicted molar refractivity (Wildman–Crippen MR) is 67.4 cm³/mol. The zero-order valence-corrected chi connectivity index (χ0v) is 10.1. The largest absolute Gasteiger partial charge is 0.378 e. The number of non-ortho nitro benzene ring substituents is 1. The molecule has 0 atom stereocenters. The van der Waals surface area contributed by atoms with E-state index in [0.717, 1.165) is 25.1 Å². The van der Waals surface area contributed by atoms with E-state index in [1.165, 1.54) is 24.3 Å². The van der Waals surface area contributed by atoms with Gasteiger partial charge in [-0.15, -0.1) is 0 Å². The van der Waals surface area contributed by atoms with Gasteiger partial charge in [0.15, 0.2) is 5.78 Å². The van der Waals surface area contributed by atoms with Gasteiger partial charge in [-0.05, 0) is 25.0 Å². The molecule has 5 nitrogen and oxygen atoms in total. The molecule has 0 saturated carbocycles. The van der Waals surface area contributed by atoms with Crippen molar-refractivity contribution in [1.29, 1.82) is 0 Å². The number of likely N-dealkylation sites (tertiary alicyclic amines) is 1. The van der Waals surface area contributed by atoms with Crippen molar-refractivity contribution in [3.8, 4) is 0 Å². The van der Waals surface area contributed by atoms with Gasteiger partial charge in [0.2, 0.25) is 0 Å². The van der Waals surface area contributed by atoms with E-state index in [1.54, 1.807) is 6.08 Å². The second-order valence-corrected chi connectivity index (χ2v) is 4.33. The summed E-state index contributed by atoms with van der Waals surface area (Å²) in [6, 6.07) is 5.69. The number of allylic oxidation sites excluding steroid dienone is 2. The van der Waals surface area contributed by atoms with E-state index in [0.29, 0.717) is 5.56 Å². The lowest BCUT2D eigenvalue weighted by atomic mass is 10.1. The Morgan fingerprint density at radius 1 is 1.39 bits per heavy atom. The van der Waals surface area contributed by atoms with E-state index in [-0.39, 0.29) is 11.5 Å². The number of rotatable bonds is 3. The van der Waals surface area contributed by atoms with Crippen LogP contribution in [0.1, 0.15) is 23.2 Å². The number of carbonyl (C=O) groups is 1. The van der Waals surface area contributed by atoms with Crippen LogP contribution >= 0.6 is 0 Å². The van der Waals surface area contributed by atoms with Crippen molar-refractivity contribution in [2.45, 2.75) is 12.8 Å². The highest BCUT2D eigenvalue weighted by molar-refractivity contribution is 6.05. The summed E-state index contributed by atoms with van der Waals surface area (Å²) in [4.78, 5) is 24.0. The van der Waals surface area contributed by atoms with Crippen LogP contribution in [-0.4, -0.2) is 29.2 Å². The van der Waals surface area contributed by atoms with Gasteiger partial charge in [-0.2, -0.15) is 0 Å². The molecule has 0 radical (unpaired) electrons. The lowest BCUT2D eigenvalue weighted by molar-refractivity contribution is -0.384. The Bertz CT molecular complexity index is 505. The molecule has 0 aliphatic carbocycles. The van der Waals surface area contributed by atoms with Crippen molar-refractivity contribution in [3.05, 3.63) is 51.7 Å². The standard InChI is InChI=1S/C13H14N2O3/c1-14-8-2-3-12(14)9-13(16)10-4-6-11(7-5-10)15(17)18/h4-7,9H,2-3,8H2,1H3/b12-9+. The molecule has 1 heterocycles. The predicted octanol–water partition coefficient (Wildman–Crippen LogP) is 2.39. The maximum atomic E-state index is 12.0. The van der Waals surface area contributed by atoms with Crippen molar-refractivity contribution < 1.29 is 9.72 Å². The van der Waals surface area contributed by atoms with Gasteiger partial charge in [-0.25, -0.2) is 0 Å². The molecule has 0 bridgehead atoms. The minimum absolute atomic E-state index is 0.00260. The van der Waals surface area contributed by atoms with Crippen molar-refractivity contribution in [3.63, 3.8) is 0 Å². The van der Waals surface area contributed by atoms with Crippen LogP contribution in [0.25, 0.3) is 0 Å². The summed E-state index contributed by atoms with van der Waals surface area (Å²) < 4.78 is 0. The summed E-state index contributed by atoms with van der Waals surface area (Å²) in [6.07, 6.45) is 3.60. The zero-order chi connectivity index (χ0) is 13.1. The van der Waals surface area contributed by atoms with Crippen LogP contribution < -0.4 is 0 Å². The summed E-state index contributed by atoms with van der Waals surface area (Å²) in [5.74, 6) is -0.103. The molecule has 5 heteroatoms. The van der Waals surface area contributed by atoms with Crippen molar-refractivity contribution in [2.75, 3.05) is 13.6 Å². The third-order valence-corrected chi connectivity index (χ3v) is 3.08. The fourth-order valence-electron chi connectivity index (χ4n) is 2.00. The molecule has 1 aromatic rings. The minimum atomic E-state index is -0.475. The van der Waals surface area contributed by atoms with Gasteiger partial charge in [0.25, 0.3) is 5.69 Å². The average molecular weight is 246 g/mol. The van der Waals surface area contributed by atoms with Crippen LogP contribution in [-0.2, 0) is 0 Å². The first kappa shape index (κ1) is 12.3. The first-order chi connectivity index (χ1) is 8.58. The number of nitro groups is 1. The number of ketones is 1. The third kappa shape index (κ3) is 2.56. The SMILES string of the molecule is CN1CCC/C1=C\C(=O)c1ccc([N+](=O)[O-])cc1. The van der Waals surface area contributed by atoms with Crippen LogP contribution in [0.15, 0.2) is 36.0 Å². The Morgan fingerprint density at radius 2 is 2.06 bits per heavy atom. The molecule has 1 aliphatic heterocycles. The van der Waals surface area contributed by atoms with Crippen LogP contribution in [0.5, 0.6) is 0 Å². The molecular weight excluding hydrogens is 232 g/mol. The Labute approximate surface area is 105 Å². The fourth-order valence-corrected chi connectivity index (χ4v) is 2.00. The topological polar surface area (TPSA) is 63.5 Å². The summed E-state index contributed by atoms with van der Waals surface area (Å²) in [5, 5.41) is 10.5. The molecule has 0 aromatic heterocycles. The smallest absolute Gasteiger partial charge is 0.269 e. The van der Waals surface area contributed by atoms with Crippen LogP contribution in [0.4, 0.5) is 5.69 Å². The molecule has 1 aromatic carbocycles. The van der Waals surface area contributed by atoms with E-state index in [2.05, 4.69) is 4.90 Å². The van der Waals surface area contributed by atoms with Gasteiger partial charge in [-0.1, -0.05) is 0 Å². The fraction of sp³-hybridized carbons (Fsp3) is 0.308. The number of benzene rings is 1. The Morgan fingerprint density at radius 3 is 2.56 bits per heavy atom. The molecule has 1 saturated heterocycles. The molecule has 0 amide bonds. The number of hydrogen-bond acceptors (Lipinski definition) is 4. The Balaban J connectivity index is 2.16. The highest BCUT2D eigenvalue weighted by atomic mass is 16.6. The normalized spacial score (nSPS) is 17.2. The summed E-state index contributed by atoms with van der Waals surface area (Å²) >= 11 is 0. The van der Waals surface area contributed by atoms with Crippen LogP contribution in [0.3, 0.4) is 0 Å². The van der Waals surface area contributed by atoms with E-state index in [4.69, 9.17) is 0 Å². The molecule has 94 valence electrons. The van der Waals surface area contributed by atoms with Crippen LogP contribution in [0, 0.1) is 10.1 Å². The zero-order valence-electron chi connectivity index (χ0n) is 10.1. The molecule has 0 N–H and O–H groups in total. The average Bonchev–Trinajstić information content (AvgIpc) is 2.75. The van der Waals surface area contributed by atoms with E-state index >= 15 is 0 Å². The van der Waals surface area contributed by atoms with Gasteiger partial charge < -0.3 is 4.90 Å². The maximum absolute atomic E-state index is 12.0. The number of nitro benzene ring substituents is 1. The molecule has 2 rings (SSSR count). The molecule has 1 aliphatic rings. The molecule has 1 fully saturated rings. The molecule has 0 spiro atoms. The first-order valence-electron chi connectivity index (χ1n) is 5.78. The molecule has 0 unspecified atom stereocenters. The van der Waals surface area contributed by atoms with Crippen molar-refractivity contribution in [1.82, 2.24) is 4.90 Å². The van der Waals surface area contributed by atoms with E-state index < -0.39 is 4.92 Å². The second kappa shape index (κ2) is 5.00. The van der Waals surface area contributed by atoms with Gasteiger partial charge in [0.1, 0.15) is 0 Å². The van der Waals surface area contributed by atoms with E-state index in [1.807, 2.05) is 7.05 Å². The van der Waals surface area contributed by atoms with Gasteiger partial charge in [-0.3, -0.25) is 14.9 Å². The summed E-state index contributed by atoms with van der Waals surface area (Å²) in [6.45, 7) is 0.972. The highest BCUT2D eigenvalue weighted by Gasteiger charge is 2.15. The first-order valence-corrected chi connectivity index (χ1v) is 5.78. The van der Waals surface area contributed by atoms with Gasteiger partial charge in [0, 0.05) is 43.1 Å². The monoisotopic (exact) mass is 246 g/mol. The van der Waals surface area contributed by atoms with Gasteiger partial charge >= 0.3 is 0 Å². The lowest BCUT2D eigenvalue weighted by Crippen LogP contribution is -2.11. The summed E-state index contributed by atoms with van der Waals surface area (Å²) in [7, 11) is 1.96. The number of hydrogen-bond donors (Lipinski definition) is 0.